The Hall–Kier alpha value is -3.24. The zero-order chi connectivity index (χ0) is 27.6. The van der Waals surface area contributed by atoms with Gasteiger partial charge in [-0.3, -0.25) is 0 Å². The lowest BCUT2D eigenvalue weighted by Crippen LogP contribution is -2.40. The minimum absolute atomic E-state index is 0.0438. The van der Waals surface area contributed by atoms with Crippen LogP contribution in [0, 0.1) is 13.8 Å². The largest absolute Gasteiger partial charge is 0.506 e. The number of hydrogen-bond donors (Lipinski definition) is 4. The van der Waals surface area contributed by atoms with Crippen LogP contribution in [0.15, 0.2) is 53.4 Å². The number of anilines is 2. The molecule has 1 saturated heterocycles. The molecular formula is C28H32ClN3O5S. The van der Waals surface area contributed by atoms with Gasteiger partial charge in [0.1, 0.15) is 16.4 Å². The molecule has 5 rings (SSSR count). The Kier molecular flexibility index (Phi) is 8.22. The van der Waals surface area contributed by atoms with Crippen LogP contribution in [0.4, 0.5) is 11.4 Å². The number of aromatic hydroxyl groups is 2. The van der Waals surface area contributed by atoms with E-state index in [0.717, 1.165) is 38.7 Å². The number of halogens is 1. The first-order valence-electron chi connectivity index (χ1n) is 12.2. The molecule has 0 spiro atoms. The van der Waals surface area contributed by atoms with Crippen molar-refractivity contribution in [1.29, 1.82) is 0 Å². The van der Waals surface area contributed by atoms with Crippen LogP contribution >= 0.6 is 11.6 Å². The number of hydrogen-bond acceptors (Lipinski definition) is 7. The lowest BCUT2D eigenvalue weighted by molar-refractivity contribution is 0.0729. The first-order valence-corrected chi connectivity index (χ1v) is 14.0. The highest BCUT2D eigenvalue weighted by Crippen LogP contribution is 2.39. The Balaban J connectivity index is 0.000000194. The molecular weight excluding hydrogens is 526 g/mol. The van der Waals surface area contributed by atoms with Gasteiger partial charge in [0.05, 0.1) is 18.2 Å². The Morgan fingerprint density at radius 3 is 1.87 bits per heavy atom. The molecule has 1 aliphatic rings. The van der Waals surface area contributed by atoms with Gasteiger partial charge < -0.3 is 25.6 Å². The van der Waals surface area contributed by atoms with Crippen molar-refractivity contribution in [2.45, 2.75) is 18.7 Å². The summed E-state index contributed by atoms with van der Waals surface area (Å²) in [5, 5.41) is 30.2. The molecule has 202 valence electrons. The minimum Gasteiger partial charge on any atom is -0.506 e. The van der Waals surface area contributed by atoms with E-state index in [1.165, 1.54) is 4.31 Å². The second kappa shape index (κ2) is 11.2. The summed E-state index contributed by atoms with van der Waals surface area (Å²) in [6.07, 6.45) is 0. The Morgan fingerprint density at radius 2 is 1.34 bits per heavy atom. The van der Waals surface area contributed by atoms with E-state index in [4.69, 9.17) is 16.3 Å². The van der Waals surface area contributed by atoms with E-state index in [-0.39, 0.29) is 16.4 Å². The van der Waals surface area contributed by atoms with Gasteiger partial charge in [-0.1, -0.05) is 35.9 Å². The summed E-state index contributed by atoms with van der Waals surface area (Å²) >= 11 is 5.92. The summed E-state index contributed by atoms with van der Waals surface area (Å²) in [4.78, 5) is -0.0438. The molecule has 4 aromatic rings. The topological polar surface area (TPSA) is 111 Å². The number of nitrogens with one attached hydrogen (secondary N) is 2. The van der Waals surface area contributed by atoms with Crippen LogP contribution in [0.25, 0.3) is 21.5 Å². The third-order valence-corrected chi connectivity index (χ3v) is 8.90. The normalized spacial score (nSPS) is 14.2. The minimum atomic E-state index is -3.74. The molecule has 0 saturated carbocycles. The van der Waals surface area contributed by atoms with E-state index in [2.05, 4.69) is 10.6 Å². The van der Waals surface area contributed by atoms with Gasteiger partial charge in [-0.25, -0.2) is 8.42 Å². The first kappa shape index (κ1) is 27.8. The second-order valence-corrected chi connectivity index (χ2v) is 11.4. The molecule has 1 aliphatic heterocycles. The predicted molar refractivity (Wildman–Crippen MR) is 154 cm³/mol. The third kappa shape index (κ3) is 5.07. The molecule has 1 fully saturated rings. The van der Waals surface area contributed by atoms with E-state index in [9.17, 15) is 18.6 Å². The number of rotatable bonds is 4. The maximum atomic E-state index is 12.9. The number of benzene rings is 4. The van der Waals surface area contributed by atoms with Crippen molar-refractivity contribution in [2.24, 2.45) is 0 Å². The van der Waals surface area contributed by atoms with Crippen LogP contribution in [-0.4, -0.2) is 63.3 Å². The summed E-state index contributed by atoms with van der Waals surface area (Å²) in [5.74, 6) is -0.0523. The average molecular weight is 558 g/mol. The van der Waals surface area contributed by atoms with Crippen LogP contribution in [0.3, 0.4) is 0 Å². The molecule has 0 bridgehead atoms. The van der Waals surface area contributed by atoms with Crippen molar-refractivity contribution in [3.8, 4) is 11.5 Å². The first-order chi connectivity index (χ1) is 18.1. The number of aryl methyl sites for hydroxylation is 2. The summed E-state index contributed by atoms with van der Waals surface area (Å²) < 4.78 is 32.3. The highest BCUT2D eigenvalue weighted by atomic mass is 35.5. The zero-order valence-electron chi connectivity index (χ0n) is 21.8. The molecule has 0 unspecified atom stereocenters. The zero-order valence-corrected chi connectivity index (χ0v) is 23.4. The fourth-order valence-corrected chi connectivity index (χ4v) is 6.67. The molecule has 1 heterocycles. The van der Waals surface area contributed by atoms with E-state index in [1.54, 1.807) is 31.3 Å². The molecule has 0 radical (unpaired) electrons. The van der Waals surface area contributed by atoms with Crippen LogP contribution in [-0.2, 0) is 14.8 Å². The summed E-state index contributed by atoms with van der Waals surface area (Å²) in [6, 6.07) is 14.5. The van der Waals surface area contributed by atoms with Gasteiger partial charge in [-0.05, 0) is 49.2 Å². The summed E-state index contributed by atoms with van der Waals surface area (Å²) in [5.41, 5.74) is 3.70. The fourth-order valence-electron chi connectivity index (χ4n) is 4.82. The van der Waals surface area contributed by atoms with Crippen molar-refractivity contribution in [3.05, 3.63) is 64.7 Å². The SMILES string of the molecule is CNc1cccc2c(O)c(Cl)cc(C)c12.CNc1cccc2c(O)c(S(=O)(=O)N3CCOCC3)cc(C)c12. The molecule has 8 nitrogen and oxygen atoms in total. The lowest BCUT2D eigenvalue weighted by atomic mass is 10.0. The van der Waals surface area contributed by atoms with E-state index in [0.29, 0.717) is 36.7 Å². The Labute approximate surface area is 227 Å². The van der Waals surface area contributed by atoms with Crippen molar-refractivity contribution < 1.29 is 23.4 Å². The smallest absolute Gasteiger partial charge is 0.246 e. The number of sulfonamides is 1. The fraction of sp³-hybridized carbons (Fsp3) is 0.286. The van der Waals surface area contributed by atoms with Gasteiger partial charge in [0, 0.05) is 60.1 Å². The number of nitrogens with zero attached hydrogens (tertiary/aromatic N) is 1. The van der Waals surface area contributed by atoms with Crippen molar-refractivity contribution >= 4 is 54.5 Å². The summed E-state index contributed by atoms with van der Waals surface area (Å²) in [6.45, 7) is 5.17. The van der Waals surface area contributed by atoms with Crippen molar-refractivity contribution in [1.82, 2.24) is 4.31 Å². The van der Waals surface area contributed by atoms with E-state index >= 15 is 0 Å². The number of morpholine rings is 1. The molecule has 10 heteroatoms. The monoisotopic (exact) mass is 557 g/mol. The predicted octanol–water partition coefficient (Wildman–Crippen LogP) is 5.47. The van der Waals surface area contributed by atoms with Crippen molar-refractivity contribution in [3.63, 3.8) is 0 Å². The van der Waals surface area contributed by atoms with Crippen molar-refractivity contribution in [2.75, 3.05) is 51.0 Å². The Morgan fingerprint density at radius 1 is 0.842 bits per heavy atom. The maximum absolute atomic E-state index is 12.9. The highest BCUT2D eigenvalue weighted by molar-refractivity contribution is 7.89. The standard InChI is InChI=1S/C16H20N2O4S.C12H12ClNO/c1-11-10-14(23(20,21)18-6-8-22-9-7-18)16(19)12-4-3-5-13(17-2)15(11)12;1-7-6-9(13)12(15)8-4-3-5-10(14-2)11(7)8/h3-5,10,17,19H,6-9H2,1-2H3;3-6,14-15H,1-2H3. The third-order valence-electron chi connectivity index (χ3n) is 6.70. The molecule has 4 N–H and O–H groups in total. The molecule has 0 atom stereocenters. The Bertz CT molecular complexity index is 1600. The maximum Gasteiger partial charge on any atom is 0.246 e. The van der Waals surface area contributed by atoms with Gasteiger partial charge in [-0.15, -0.1) is 0 Å². The number of phenolic OH excluding ortho intramolecular Hbond substituents is 2. The van der Waals surface area contributed by atoms with E-state index < -0.39 is 10.0 Å². The van der Waals surface area contributed by atoms with Crippen LogP contribution < -0.4 is 10.6 Å². The number of fused-ring (bicyclic) bond motifs is 2. The molecule has 0 aliphatic carbocycles. The van der Waals surface area contributed by atoms with Crippen LogP contribution in [0.1, 0.15) is 11.1 Å². The molecule has 0 amide bonds. The number of ether oxygens (including phenoxy) is 1. The molecule has 4 aromatic carbocycles. The average Bonchev–Trinajstić information content (AvgIpc) is 2.93. The van der Waals surface area contributed by atoms with Gasteiger partial charge in [0.2, 0.25) is 10.0 Å². The highest BCUT2D eigenvalue weighted by Gasteiger charge is 2.30. The lowest BCUT2D eigenvalue weighted by Gasteiger charge is -2.27. The van der Waals surface area contributed by atoms with Gasteiger partial charge in [0.15, 0.2) is 0 Å². The van der Waals surface area contributed by atoms with Crippen LogP contribution in [0.5, 0.6) is 11.5 Å². The molecule has 0 aromatic heterocycles. The number of phenols is 2. The molecule has 38 heavy (non-hydrogen) atoms. The summed E-state index contributed by atoms with van der Waals surface area (Å²) in [7, 11) is -0.0871. The van der Waals surface area contributed by atoms with E-state index in [1.807, 2.05) is 45.2 Å². The quantitative estimate of drug-likeness (QED) is 0.263. The second-order valence-electron chi connectivity index (χ2n) is 9.04. The van der Waals surface area contributed by atoms with Gasteiger partial charge >= 0.3 is 0 Å². The van der Waals surface area contributed by atoms with Crippen LogP contribution in [0.2, 0.25) is 5.02 Å². The van der Waals surface area contributed by atoms with Gasteiger partial charge in [-0.2, -0.15) is 4.31 Å². The van der Waals surface area contributed by atoms with Gasteiger partial charge in [0.25, 0.3) is 0 Å².